The molecule has 1 amide bonds. The molecule has 0 bridgehead atoms. The second kappa shape index (κ2) is 5.30. The molecule has 5 nitrogen and oxygen atoms in total. The summed E-state index contributed by atoms with van der Waals surface area (Å²) in [5.74, 6) is -0.135. The van der Waals surface area contributed by atoms with Gasteiger partial charge in [-0.3, -0.25) is 4.79 Å². The van der Waals surface area contributed by atoms with Crippen molar-refractivity contribution in [2.45, 2.75) is 12.8 Å². The van der Waals surface area contributed by atoms with Crippen LogP contribution >= 0.6 is 0 Å². The van der Waals surface area contributed by atoms with Crippen LogP contribution in [0.2, 0.25) is 0 Å². The number of amides is 1. The summed E-state index contributed by atoms with van der Waals surface area (Å²) in [5, 5.41) is 0. The highest BCUT2D eigenvalue weighted by Gasteiger charge is 2.28. The van der Waals surface area contributed by atoms with E-state index in [4.69, 9.17) is 5.73 Å². The maximum absolute atomic E-state index is 11.4. The Labute approximate surface area is 113 Å². The van der Waals surface area contributed by atoms with E-state index in [2.05, 4.69) is 0 Å². The maximum Gasteiger partial charge on any atom is 0.248 e. The van der Waals surface area contributed by atoms with Crippen LogP contribution in [0.15, 0.2) is 24.3 Å². The number of primary amides is 1. The Bertz CT molecular complexity index is 583. The van der Waals surface area contributed by atoms with Gasteiger partial charge in [-0.1, -0.05) is 12.1 Å². The molecule has 1 aliphatic heterocycles. The molecule has 2 rings (SSSR count). The predicted molar refractivity (Wildman–Crippen MR) is 73.2 cm³/mol. The van der Waals surface area contributed by atoms with Gasteiger partial charge in [0, 0.05) is 18.7 Å². The lowest BCUT2D eigenvalue weighted by Gasteiger charge is -2.13. The zero-order valence-corrected chi connectivity index (χ0v) is 11.7. The summed E-state index contributed by atoms with van der Waals surface area (Å²) in [6, 6.07) is 7.21. The zero-order chi connectivity index (χ0) is 14.0. The molecule has 1 saturated heterocycles. The average molecular weight is 282 g/mol. The fourth-order valence-electron chi connectivity index (χ4n) is 2.45. The van der Waals surface area contributed by atoms with Crippen molar-refractivity contribution in [3.63, 3.8) is 0 Å². The smallest absolute Gasteiger partial charge is 0.248 e. The Morgan fingerprint density at radius 3 is 2.79 bits per heavy atom. The van der Waals surface area contributed by atoms with E-state index in [1.807, 2.05) is 6.07 Å². The second-order valence-corrected chi connectivity index (χ2v) is 7.03. The van der Waals surface area contributed by atoms with E-state index >= 15 is 0 Å². The van der Waals surface area contributed by atoms with Gasteiger partial charge in [0.15, 0.2) is 0 Å². The van der Waals surface area contributed by atoms with Crippen LogP contribution < -0.4 is 5.73 Å². The molecule has 0 aromatic heterocycles. The van der Waals surface area contributed by atoms with Crippen LogP contribution in [0.1, 0.15) is 22.3 Å². The first-order valence-electron chi connectivity index (χ1n) is 6.20. The quantitative estimate of drug-likeness (QED) is 0.878. The fraction of sp³-hybridized carbons (Fsp3) is 0.462. The van der Waals surface area contributed by atoms with Crippen molar-refractivity contribution >= 4 is 15.9 Å². The molecule has 1 fully saturated rings. The van der Waals surface area contributed by atoms with Gasteiger partial charge in [-0.25, -0.2) is 12.7 Å². The molecule has 6 heteroatoms. The first kappa shape index (κ1) is 14.0. The van der Waals surface area contributed by atoms with Crippen molar-refractivity contribution in [3.8, 4) is 0 Å². The van der Waals surface area contributed by atoms with Gasteiger partial charge < -0.3 is 5.73 Å². The molecule has 1 aliphatic rings. The Morgan fingerprint density at radius 2 is 2.21 bits per heavy atom. The number of sulfonamides is 1. The van der Waals surface area contributed by atoms with Gasteiger partial charge in [-0.15, -0.1) is 0 Å². The molecule has 19 heavy (non-hydrogen) atoms. The molecule has 1 atom stereocenters. The van der Waals surface area contributed by atoms with Crippen molar-refractivity contribution in [1.29, 1.82) is 0 Å². The van der Waals surface area contributed by atoms with E-state index in [1.165, 1.54) is 10.6 Å². The summed E-state index contributed by atoms with van der Waals surface area (Å²) in [4.78, 5) is 11.1. The third-order valence-corrected chi connectivity index (χ3v) is 4.72. The van der Waals surface area contributed by atoms with Crippen LogP contribution in [0.5, 0.6) is 0 Å². The number of carbonyl (C=O) groups is 1. The fourth-order valence-corrected chi connectivity index (χ4v) is 3.37. The highest BCUT2D eigenvalue weighted by molar-refractivity contribution is 7.88. The van der Waals surface area contributed by atoms with Crippen LogP contribution in [0.4, 0.5) is 0 Å². The lowest BCUT2D eigenvalue weighted by atomic mass is 9.97. The molecular weight excluding hydrogens is 264 g/mol. The molecule has 0 radical (unpaired) electrons. The summed E-state index contributed by atoms with van der Waals surface area (Å²) in [6.07, 6.45) is 2.87. The SMILES string of the molecule is CS(=O)(=O)N1CCC(Cc2cccc(C(N)=O)c2)C1. The highest BCUT2D eigenvalue weighted by atomic mass is 32.2. The van der Waals surface area contributed by atoms with Crippen LogP contribution in [-0.2, 0) is 16.4 Å². The molecule has 1 aromatic rings. The summed E-state index contributed by atoms with van der Waals surface area (Å²) < 4.78 is 24.4. The van der Waals surface area contributed by atoms with Crippen molar-refractivity contribution in [2.24, 2.45) is 11.7 Å². The van der Waals surface area contributed by atoms with Gasteiger partial charge in [-0.05, 0) is 36.5 Å². The second-order valence-electron chi connectivity index (χ2n) is 5.04. The Balaban J connectivity index is 2.03. The molecule has 0 saturated carbocycles. The molecule has 2 N–H and O–H groups in total. The first-order valence-corrected chi connectivity index (χ1v) is 8.05. The van der Waals surface area contributed by atoms with Crippen LogP contribution in [0.25, 0.3) is 0 Å². The maximum atomic E-state index is 11.4. The first-order chi connectivity index (χ1) is 8.86. The molecule has 104 valence electrons. The van der Waals surface area contributed by atoms with E-state index in [1.54, 1.807) is 18.2 Å². The van der Waals surface area contributed by atoms with E-state index in [0.717, 1.165) is 18.4 Å². The van der Waals surface area contributed by atoms with Crippen molar-refractivity contribution in [3.05, 3.63) is 35.4 Å². The van der Waals surface area contributed by atoms with Gasteiger partial charge in [0.25, 0.3) is 0 Å². The number of carbonyl (C=O) groups excluding carboxylic acids is 1. The minimum absolute atomic E-state index is 0.304. The third kappa shape index (κ3) is 3.54. The highest BCUT2D eigenvalue weighted by Crippen LogP contribution is 2.23. The number of hydrogen-bond donors (Lipinski definition) is 1. The molecule has 1 unspecified atom stereocenters. The molecule has 0 spiro atoms. The number of nitrogens with zero attached hydrogens (tertiary/aromatic N) is 1. The van der Waals surface area contributed by atoms with Crippen molar-refractivity contribution < 1.29 is 13.2 Å². The van der Waals surface area contributed by atoms with Crippen LogP contribution in [0.3, 0.4) is 0 Å². The van der Waals surface area contributed by atoms with E-state index < -0.39 is 15.9 Å². The standard InChI is InChI=1S/C13H18N2O3S/c1-19(17,18)15-6-5-11(9-15)7-10-3-2-4-12(8-10)13(14)16/h2-4,8,11H,5-7,9H2,1H3,(H2,14,16). The van der Waals surface area contributed by atoms with E-state index in [0.29, 0.717) is 24.6 Å². The van der Waals surface area contributed by atoms with Gasteiger partial charge in [-0.2, -0.15) is 0 Å². The summed E-state index contributed by atoms with van der Waals surface area (Å²) in [5.41, 5.74) is 6.76. The molecule has 0 aliphatic carbocycles. The Morgan fingerprint density at radius 1 is 1.47 bits per heavy atom. The molecular formula is C13H18N2O3S. The van der Waals surface area contributed by atoms with Gasteiger partial charge in [0.2, 0.25) is 15.9 Å². The van der Waals surface area contributed by atoms with Crippen LogP contribution in [-0.4, -0.2) is 38.0 Å². The summed E-state index contributed by atoms with van der Waals surface area (Å²) in [6.45, 7) is 1.14. The third-order valence-electron chi connectivity index (χ3n) is 3.45. The topological polar surface area (TPSA) is 80.5 Å². The Hall–Kier alpha value is -1.40. The lowest BCUT2D eigenvalue weighted by molar-refractivity contribution is 0.1000. The van der Waals surface area contributed by atoms with Crippen LogP contribution in [0, 0.1) is 5.92 Å². The lowest BCUT2D eigenvalue weighted by Crippen LogP contribution is -2.27. The summed E-state index contributed by atoms with van der Waals surface area (Å²) >= 11 is 0. The monoisotopic (exact) mass is 282 g/mol. The normalized spacial score (nSPS) is 20.6. The molecule has 1 aromatic carbocycles. The van der Waals surface area contributed by atoms with Crippen molar-refractivity contribution in [2.75, 3.05) is 19.3 Å². The number of nitrogens with two attached hydrogens (primary N) is 1. The Kier molecular flexibility index (Phi) is 3.91. The number of hydrogen-bond acceptors (Lipinski definition) is 3. The van der Waals surface area contributed by atoms with E-state index in [9.17, 15) is 13.2 Å². The van der Waals surface area contributed by atoms with Gasteiger partial charge >= 0.3 is 0 Å². The predicted octanol–water partition coefficient (Wildman–Crippen LogP) is 0.610. The molecule has 1 heterocycles. The van der Waals surface area contributed by atoms with Crippen molar-refractivity contribution in [1.82, 2.24) is 4.31 Å². The number of benzene rings is 1. The minimum Gasteiger partial charge on any atom is -0.366 e. The van der Waals surface area contributed by atoms with Gasteiger partial charge in [0.05, 0.1) is 6.26 Å². The van der Waals surface area contributed by atoms with E-state index in [-0.39, 0.29) is 0 Å². The number of rotatable bonds is 4. The minimum atomic E-state index is -3.09. The summed E-state index contributed by atoms with van der Waals surface area (Å²) in [7, 11) is -3.09. The zero-order valence-electron chi connectivity index (χ0n) is 10.9. The van der Waals surface area contributed by atoms with Gasteiger partial charge in [0.1, 0.15) is 0 Å². The largest absolute Gasteiger partial charge is 0.366 e. The average Bonchev–Trinajstić information content (AvgIpc) is 2.77.